The standard InChI is InChI=1S/C15H18ClNS/c1-12(7-8-14-9-10-15(16)18-14)17-11-13-5-3-2-4-6-13/h2-6,9-10,12,17H,7-8,11H2,1H3. The molecule has 3 heteroatoms. The Morgan fingerprint density at radius 2 is 1.94 bits per heavy atom. The molecule has 1 aromatic carbocycles. The van der Waals surface area contributed by atoms with Gasteiger partial charge in [-0.25, -0.2) is 0 Å². The molecule has 1 aromatic heterocycles. The van der Waals surface area contributed by atoms with Crippen LogP contribution in [0, 0.1) is 0 Å². The molecule has 0 amide bonds. The van der Waals surface area contributed by atoms with Gasteiger partial charge in [-0.2, -0.15) is 0 Å². The van der Waals surface area contributed by atoms with E-state index >= 15 is 0 Å². The highest BCUT2D eigenvalue weighted by Crippen LogP contribution is 2.22. The van der Waals surface area contributed by atoms with E-state index in [1.165, 1.54) is 10.4 Å². The molecule has 1 atom stereocenters. The van der Waals surface area contributed by atoms with Crippen LogP contribution in [-0.2, 0) is 13.0 Å². The number of hydrogen-bond donors (Lipinski definition) is 1. The van der Waals surface area contributed by atoms with E-state index in [-0.39, 0.29) is 0 Å². The van der Waals surface area contributed by atoms with Gasteiger partial charge in [0, 0.05) is 17.5 Å². The number of benzene rings is 1. The number of rotatable bonds is 6. The third kappa shape index (κ3) is 4.45. The quantitative estimate of drug-likeness (QED) is 0.820. The van der Waals surface area contributed by atoms with Gasteiger partial charge in [0.05, 0.1) is 4.34 Å². The van der Waals surface area contributed by atoms with Crippen molar-refractivity contribution >= 4 is 22.9 Å². The Morgan fingerprint density at radius 1 is 1.17 bits per heavy atom. The average Bonchev–Trinajstić information content (AvgIpc) is 2.81. The molecule has 0 saturated heterocycles. The molecular weight excluding hydrogens is 262 g/mol. The third-order valence-corrected chi connectivity index (χ3v) is 4.24. The van der Waals surface area contributed by atoms with Crippen molar-refractivity contribution in [3.63, 3.8) is 0 Å². The Labute approximate surface area is 118 Å². The topological polar surface area (TPSA) is 12.0 Å². The van der Waals surface area contributed by atoms with Gasteiger partial charge in [0.1, 0.15) is 0 Å². The highest BCUT2D eigenvalue weighted by molar-refractivity contribution is 7.16. The lowest BCUT2D eigenvalue weighted by molar-refractivity contribution is 0.515. The molecular formula is C15H18ClNS. The summed E-state index contributed by atoms with van der Waals surface area (Å²) in [7, 11) is 0. The first-order chi connectivity index (χ1) is 8.74. The average molecular weight is 280 g/mol. The first-order valence-corrected chi connectivity index (χ1v) is 7.45. The van der Waals surface area contributed by atoms with E-state index in [2.05, 4.69) is 42.6 Å². The van der Waals surface area contributed by atoms with Gasteiger partial charge >= 0.3 is 0 Å². The Hall–Kier alpha value is -0.830. The first kappa shape index (κ1) is 13.6. The van der Waals surface area contributed by atoms with Gasteiger partial charge in [0.2, 0.25) is 0 Å². The molecule has 1 N–H and O–H groups in total. The summed E-state index contributed by atoms with van der Waals surface area (Å²) in [6.45, 7) is 3.17. The van der Waals surface area contributed by atoms with Gasteiger partial charge < -0.3 is 5.32 Å². The van der Waals surface area contributed by atoms with E-state index in [0.29, 0.717) is 6.04 Å². The van der Waals surface area contributed by atoms with Crippen LogP contribution in [0.4, 0.5) is 0 Å². The molecule has 0 aliphatic rings. The Morgan fingerprint density at radius 3 is 2.61 bits per heavy atom. The van der Waals surface area contributed by atoms with Crippen LogP contribution in [0.15, 0.2) is 42.5 Å². The summed E-state index contributed by atoms with van der Waals surface area (Å²) in [5, 5.41) is 3.55. The second-order valence-electron chi connectivity index (χ2n) is 4.51. The summed E-state index contributed by atoms with van der Waals surface area (Å²) in [4.78, 5) is 1.37. The lowest BCUT2D eigenvalue weighted by Gasteiger charge is -2.13. The monoisotopic (exact) mass is 279 g/mol. The molecule has 1 unspecified atom stereocenters. The number of thiophene rings is 1. The minimum atomic E-state index is 0.520. The predicted molar refractivity (Wildman–Crippen MR) is 80.4 cm³/mol. The van der Waals surface area contributed by atoms with Crippen molar-refractivity contribution in [2.24, 2.45) is 0 Å². The van der Waals surface area contributed by atoms with Crippen LogP contribution < -0.4 is 5.32 Å². The van der Waals surface area contributed by atoms with Crippen LogP contribution >= 0.6 is 22.9 Å². The fourth-order valence-corrected chi connectivity index (χ4v) is 2.94. The maximum absolute atomic E-state index is 5.92. The number of halogens is 1. The zero-order valence-electron chi connectivity index (χ0n) is 10.5. The minimum absolute atomic E-state index is 0.520. The number of aryl methyl sites for hydroxylation is 1. The number of nitrogens with one attached hydrogen (secondary N) is 1. The van der Waals surface area contributed by atoms with E-state index in [1.54, 1.807) is 11.3 Å². The molecule has 2 rings (SSSR count). The summed E-state index contributed by atoms with van der Waals surface area (Å²) in [6.07, 6.45) is 2.24. The van der Waals surface area contributed by atoms with Gasteiger partial charge in [0.15, 0.2) is 0 Å². The largest absolute Gasteiger partial charge is 0.310 e. The van der Waals surface area contributed by atoms with Crippen LogP contribution in [0.5, 0.6) is 0 Å². The first-order valence-electron chi connectivity index (χ1n) is 6.25. The summed E-state index contributed by atoms with van der Waals surface area (Å²) >= 11 is 7.60. The predicted octanol–water partition coefficient (Wildman–Crippen LogP) is 4.51. The minimum Gasteiger partial charge on any atom is -0.310 e. The van der Waals surface area contributed by atoms with Crippen molar-refractivity contribution in [2.45, 2.75) is 32.4 Å². The summed E-state index contributed by atoms with van der Waals surface area (Å²) < 4.78 is 0.884. The maximum Gasteiger partial charge on any atom is 0.0931 e. The van der Waals surface area contributed by atoms with E-state index < -0.39 is 0 Å². The van der Waals surface area contributed by atoms with Crippen molar-refractivity contribution < 1.29 is 0 Å². The van der Waals surface area contributed by atoms with Crippen molar-refractivity contribution in [1.29, 1.82) is 0 Å². The summed E-state index contributed by atoms with van der Waals surface area (Å²) in [5.41, 5.74) is 1.34. The van der Waals surface area contributed by atoms with E-state index in [4.69, 9.17) is 11.6 Å². The van der Waals surface area contributed by atoms with Gasteiger partial charge in [-0.3, -0.25) is 0 Å². The van der Waals surface area contributed by atoms with Gasteiger partial charge in [-0.05, 0) is 37.5 Å². The van der Waals surface area contributed by atoms with Gasteiger partial charge in [-0.1, -0.05) is 41.9 Å². The highest BCUT2D eigenvalue weighted by Gasteiger charge is 2.04. The third-order valence-electron chi connectivity index (χ3n) is 2.95. The second kappa shape index (κ2) is 6.93. The van der Waals surface area contributed by atoms with Crippen molar-refractivity contribution in [3.05, 3.63) is 57.2 Å². The Kier molecular flexibility index (Phi) is 5.24. The van der Waals surface area contributed by atoms with E-state index in [9.17, 15) is 0 Å². The fraction of sp³-hybridized carbons (Fsp3) is 0.333. The molecule has 0 spiro atoms. The van der Waals surface area contributed by atoms with E-state index in [1.807, 2.05) is 12.1 Å². The van der Waals surface area contributed by atoms with Crippen LogP contribution in [0.3, 0.4) is 0 Å². The maximum atomic E-state index is 5.92. The molecule has 96 valence electrons. The lowest BCUT2D eigenvalue weighted by atomic mass is 10.1. The molecule has 0 fully saturated rings. The van der Waals surface area contributed by atoms with Crippen molar-refractivity contribution in [1.82, 2.24) is 5.32 Å². The van der Waals surface area contributed by atoms with Gasteiger partial charge in [0.25, 0.3) is 0 Å². The molecule has 18 heavy (non-hydrogen) atoms. The molecule has 0 aliphatic heterocycles. The fourth-order valence-electron chi connectivity index (χ4n) is 1.83. The summed E-state index contributed by atoms with van der Waals surface area (Å²) in [5.74, 6) is 0. The van der Waals surface area contributed by atoms with Crippen LogP contribution in [0.2, 0.25) is 4.34 Å². The zero-order valence-corrected chi connectivity index (χ0v) is 12.1. The summed E-state index contributed by atoms with van der Waals surface area (Å²) in [6, 6.07) is 15.1. The second-order valence-corrected chi connectivity index (χ2v) is 6.31. The molecule has 0 saturated carbocycles. The van der Waals surface area contributed by atoms with Crippen molar-refractivity contribution in [2.75, 3.05) is 0 Å². The molecule has 1 nitrogen and oxygen atoms in total. The molecule has 0 radical (unpaired) electrons. The lowest BCUT2D eigenvalue weighted by Crippen LogP contribution is -2.25. The highest BCUT2D eigenvalue weighted by atomic mass is 35.5. The molecule has 0 aliphatic carbocycles. The molecule has 2 aromatic rings. The zero-order chi connectivity index (χ0) is 12.8. The molecule has 0 bridgehead atoms. The normalized spacial score (nSPS) is 12.6. The smallest absolute Gasteiger partial charge is 0.0931 e. The van der Waals surface area contributed by atoms with Gasteiger partial charge in [-0.15, -0.1) is 11.3 Å². The number of hydrogen-bond acceptors (Lipinski definition) is 2. The van der Waals surface area contributed by atoms with Crippen molar-refractivity contribution in [3.8, 4) is 0 Å². The molecule has 1 heterocycles. The van der Waals surface area contributed by atoms with Crippen LogP contribution in [0.25, 0.3) is 0 Å². The Bertz CT molecular complexity index is 466. The SMILES string of the molecule is CC(CCc1ccc(Cl)s1)NCc1ccccc1. The Balaban J connectivity index is 1.71. The van der Waals surface area contributed by atoms with Crippen LogP contribution in [0.1, 0.15) is 23.8 Å². The van der Waals surface area contributed by atoms with Crippen LogP contribution in [-0.4, -0.2) is 6.04 Å². The van der Waals surface area contributed by atoms with E-state index in [0.717, 1.165) is 23.7 Å².